The maximum atomic E-state index is 11.9. The van der Waals surface area contributed by atoms with E-state index in [0.29, 0.717) is 6.42 Å². The van der Waals surface area contributed by atoms with Crippen LogP contribution in [0.25, 0.3) is 0 Å². The maximum Gasteiger partial charge on any atom is 0.322 e. The third-order valence-electron chi connectivity index (χ3n) is 4.72. The third kappa shape index (κ3) is 22.4. The Kier molecular flexibility index (Phi) is 20.4. The van der Waals surface area contributed by atoms with Gasteiger partial charge in [0.05, 0.1) is 13.2 Å². The topological polar surface area (TPSA) is 85.2 Å². The first-order valence-corrected chi connectivity index (χ1v) is 14.0. The van der Waals surface area contributed by atoms with Gasteiger partial charge >= 0.3 is 12.7 Å². The molecule has 0 spiro atoms. The minimum atomic E-state index is -3.76. The Morgan fingerprint density at radius 1 is 0.900 bits per heavy atom. The van der Waals surface area contributed by atoms with Crippen molar-refractivity contribution in [2.45, 2.75) is 103 Å². The van der Waals surface area contributed by atoms with Crippen molar-refractivity contribution in [1.82, 2.24) is 0 Å². The molecule has 0 radical (unpaired) electrons. The van der Waals surface area contributed by atoms with Gasteiger partial charge < -0.3 is 23.8 Å². The average Bonchev–Trinajstić information content (AvgIpc) is 2.68. The highest BCUT2D eigenvalue weighted by Gasteiger charge is 2.18. The van der Waals surface area contributed by atoms with Crippen LogP contribution in [-0.4, -0.2) is 42.2 Å². The van der Waals surface area contributed by atoms with E-state index < -0.39 is 12.8 Å². The Balaban J connectivity index is 3.58. The van der Waals surface area contributed by atoms with E-state index in [0.717, 1.165) is 25.7 Å². The molecule has 178 valence electrons. The van der Waals surface area contributed by atoms with Gasteiger partial charge in [0, 0.05) is 13.5 Å². The van der Waals surface area contributed by atoms with Crippen LogP contribution in [-0.2, 0) is 30.6 Å². The molecule has 0 aromatic rings. The zero-order valence-electron chi connectivity index (χ0n) is 18.9. The molecule has 0 rings (SSSR count). The molecular formula is C22H43O6PS. The number of esters is 1. The molecule has 0 amide bonds. The monoisotopic (exact) mass is 466 g/mol. The number of unbranched alkanes of at least 4 members (excludes halogenated alkanes) is 11. The molecule has 0 fully saturated rings. The van der Waals surface area contributed by atoms with Gasteiger partial charge in [-0.25, -0.2) is 0 Å². The van der Waals surface area contributed by atoms with Gasteiger partial charge in [0.15, 0.2) is 0 Å². The smallest absolute Gasteiger partial charge is 0.322 e. The quantitative estimate of drug-likeness (QED) is 0.0956. The molecule has 6 nitrogen and oxygen atoms in total. The predicted octanol–water partition coefficient (Wildman–Crippen LogP) is 5.81. The molecule has 0 aliphatic rings. The fraction of sp³-hybridized carbons (Fsp3) is 0.864. The Bertz CT molecular complexity index is 480. The van der Waals surface area contributed by atoms with Crippen LogP contribution in [0, 0.1) is 0 Å². The van der Waals surface area contributed by atoms with Crippen molar-refractivity contribution in [3.63, 3.8) is 0 Å². The second-order valence-electron chi connectivity index (χ2n) is 7.69. The highest BCUT2D eigenvalue weighted by atomic mass is 32.5. The number of rotatable bonds is 21. The highest BCUT2D eigenvalue weighted by molar-refractivity contribution is 8.06. The van der Waals surface area contributed by atoms with E-state index in [-0.39, 0.29) is 19.2 Å². The summed E-state index contributed by atoms with van der Waals surface area (Å²) in [5.41, 5.74) is 0. The van der Waals surface area contributed by atoms with Gasteiger partial charge in [-0.2, -0.15) is 0 Å². The molecule has 0 saturated carbocycles. The van der Waals surface area contributed by atoms with Crippen molar-refractivity contribution in [3.05, 3.63) is 12.2 Å². The van der Waals surface area contributed by atoms with Crippen molar-refractivity contribution in [2.75, 3.05) is 20.3 Å². The summed E-state index contributed by atoms with van der Waals surface area (Å²) in [6.07, 6.45) is 20.0. The van der Waals surface area contributed by atoms with Gasteiger partial charge in [-0.05, 0) is 43.9 Å². The van der Waals surface area contributed by atoms with Crippen molar-refractivity contribution in [3.8, 4) is 0 Å². The lowest BCUT2D eigenvalue weighted by Crippen LogP contribution is -2.27. The Hall–Kier alpha value is -0.300. The molecule has 8 heteroatoms. The van der Waals surface area contributed by atoms with Crippen molar-refractivity contribution < 1.29 is 28.6 Å². The van der Waals surface area contributed by atoms with E-state index in [1.54, 1.807) is 0 Å². The summed E-state index contributed by atoms with van der Waals surface area (Å²) in [5.74, 6) is -0.331. The zero-order chi connectivity index (χ0) is 22.5. The van der Waals surface area contributed by atoms with E-state index in [4.69, 9.17) is 23.8 Å². The number of carbonyl (C=O) groups is 1. The minimum Gasteiger partial charge on any atom is -0.457 e. The third-order valence-corrected chi connectivity index (χ3v) is 5.52. The van der Waals surface area contributed by atoms with Gasteiger partial charge in [0.25, 0.3) is 0 Å². The normalized spacial score (nSPS) is 13.1. The fourth-order valence-corrected chi connectivity index (χ4v) is 3.61. The lowest BCUT2D eigenvalue weighted by atomic mass is 10.1. The summed E-state index contributed by atoms with van der Waals surface area (Å²) >= 11 is 4.39. The van der Waals surface area contributed by atoms with Gasteiger partial charge in [-0.15, -0.1) is 0 Å². The van der Waals surface area contributed by atoms with Crippen molar-refractivity contribution in [2.24, 2.45) is 0 Å². The molecule has 2 N–H and O–H groups in total. The lowest BCUT2D eigenvalue weighted by Gasteiger charge is -2.18. The van der Waals surface area contributed by atoms with Gasteiger partial charge in [-0.1, -0.05) is 70.4 Å². The average molecular weight is 467 g/mol. The van der Waals surface area contributed by atoms with Crippen molar-refractivity contribution >= 4 is 24.5 Å². The molecule has 0 aromatic carbocycles. The molecule has 0 aromatic heterocycles. The van der Waals surface area contributed by atoms with Crippen molar-refractivity contribution in [1.29, 1.82) is 0 Å². The van der Waals surface area contributed by atoms with Crippen LogP contribution >= 0.6 is 6.72 Å². The van der Waals surface area contributed by atoms with Gasteiger partial charge in [0.1, 0.15) is 6.10 Å². The van der Waals surface area contributed by atoms with Gasteiger partial charge in [-0.3, -0.25) is 4.79 Å². The van der Waals surface area contributed by atoms with E-state index >= 15 is 0 Å². The van der Waals surface area contributed by atoms with E-state index in [1.165, 1.54) is 64.9 Å². The standard InChI is InChI=1S/C22H43O6PS/c1-3-4-5-6-7-8-9-10-11-12-13-14-15-16-17-18-22(23)28-21(19-26-2)20-27-29(24,25)30/h10-11,21H,3-9,12-20H2,1-2H3,(H2,24,25,30)/b11-10+/t21-/m1/s1. The molecule has 0 saturated heterocycles. The summed E-state index contributed by atoms with van der Waals surface area (Å²) in [6.45, 7) is -1.58. The number of allylic oxidation sites excluding steroid dienone is 2. The summed E-state index contributed by atoms with van der Waals surface area (Å²) in [5, 5.41) is 0. The fourth-order valence-electron chi connectivity index (χ4n) is 3.07. The number of hydrogen-bond donors (Lipinski definition) is 2. The summed E-state index contributed by atoms with van der Waals surface area (Å²) in [6, 6.07) is 0. The first-order chi connectivity index (χ1) is 14.4. The zero-order valence-corrected chi connectivity index (χ0v) is 20.6. The molecule has 0 bridgehead atoms. The Labute approximate surface area is 188 Å². The molecule has 30 heavy (non-hydrogen) atoms. The molecule has 1 atom stereocenters. The summed E-state index contributed by atoms with van der Waals surface area (Å²) < 4.78 is 15.0. The highest BCUT2D eigenvalue weighted by Crippen LogP contribution is 2.36. The van der Waals surface area contributed by atoms with E-state index in [2.05, 4.69) is 30.9 Å². The number of hydrogen-bond acceptors (Lipinski definition) is 5. The van der Waals surface area contributed by atoms with Crippen LogP contribution in [0.1, 0.15) is 96.8 Å². The maximum absolute atomic E-state index is 11.9. The summed E-state index contributed by atoms with van der Waals surface area (Å²) in [4.78, 5) is 30.1. The van der Waals surface area contributed by atoms with E-state index in [1.807, 2.05) is 0 Å². The van der Waals surface area contributed by atoms with Crippen LogP contribution in [0.3, 0.4) is 0 Å². The SMILES string of the molecule is CCCCCCCC/C=C/CCCCCCCC(=O)O[C@H](COC)COP(O)(O)=S. The molecule has 0 heterocycles. The first-order valence-electron chi connectivity index (χ1n) is 11.4. The molecule has 0 aliphatic carbocycles. The Morgan fingerprint density at radius 3 is 1.97 bits per heavy atom. The Morgan fingerprint density at radius 2 is 1.43 bits per heavy atom. The van der Waals surface area contributed by atoms with Gasteiger partial charge in [0.2, 0.25) is 0 Å². The number of methoxy groups -OCH3 is 1. The van der Waals surface area contributed by atoms with Crippen LogP contribution in [0.2, 0.25) is 0 Å². The van der Waals surface area contributed by atoms with Crippen LogP contribution in [0.5, 0.6) is 0 Å². The molecular weight excluding hydrogens is 423 g/mol. The first kappa shape index (κ1) is 29.7. The lowest BCUT2D eigenvalue weighted by molar-refractivity contribution is -0.153. The second kappa shape index (κ2) is 20.6. The number of carbonyl (C=O) groups excluding carboxylic acids is 1. The minimum absolute atomic E-state index is 0.119. The van der Waals surface area contributed by atoms with Crippen LogP contribution in [0.15, 0.2) is 12.2 Å². The molecule has 0 unspecified atom stereocenters. The second-order valence-corrected chi connectivity index (χ2v) is 10.4. The summed E-state index contributed by atoms with van der Waals surface area (Å²) in [7, 11) is 1.47. The van der Waals surface area contributed by atoms with Crippen LogP contribution < -0.4 is 0 Å². The largest absolute Gasteiger partial charge is 0.457 e. The predicted molar refractivity (Wildman–Crippen MR) is 126 cm³/mol. The molecule has 0 aliphatic heterocycles. The van der Waals surface area contributed by atoms with E-state index in [9.17, 15) is 4.79 Å². The number of ether oxygens (including phenoxy) is 2. The van der Waals surface area contributed by atoms with Crippen LogP contribution in [0.4, 0.5) is 0 Å².